The third kappa shape index (κ3) is 4.22. The Kier molecular flexibility index (Phi) is 5.58. The molecule has 2 amide bonds. The first-order valence-corrected chi connectivity index (χ1v) is 9.10. The standard InChI is InChI=1S/C19H26FN3O3/c1-11(23-9-12(2)26-13(3)10-23)8-21-19(25)16-7-18(24)22-17-6-14(20)4-5-15(16)17/h4-6,11-13,16H,7-10H2,1-3H3,(H,21,25)(H,22,24). The van der Waals surface area contributed by atoms with E-state index >= 15 is 0 Å². The molecule has 1 aromatic rings. The molecular weight excluding hydrogens is 337 g/mol. The lowest BCUT2D eigenvalue weighted by Gasteiger charge is -2.39. The number of rotatable bonds is 4. The number of morpholine rings is 1. The molecule has 142 valence electrons. The van der Waals surface area contributed by atoms with Gasteiger partial charge in [-0.3, -0.25) is 14.5 Å². The van der Waals surface area contributed by atoms with E-state index in [1.807, 2.05) is 13.8 Å². The fraction of sp³-hybridized carbons (Fsp3) is 0.579. The summed E-state index contributed by atoms with van der Waals surface area (Å²) in [5.74, 6) is -1.50. The number of carbonyl (C=O) groups is 2. The number of amides is 2. The molecule has 1 fully saturated rings. The SMILES string of the molecule is CC1CN(C(C)CNC(=O)C2CC(=O)Nc3cc(F)ccc32)CC(C)O1. The van der Waals surface area contributed by atoms with Crippen molar-refractivity contribution in [2.75, 3.05) is 25.0 Å². The smallest absolute Gasteiger partial charge is 0.228 e. The van der Waals surface area contributed by atoms with Gasteiger partial charge >= 0.3 is 0 Å². The Morgan fingerprint density at radius 2 is 2.08 bits per heavy atom. The first-order chi connectivity index (χ1) is 12.3. The topological polar surface area (TPSA) is 70.7 Å². The monoisotopic (exact) mass is 363 g/mol. The number of anilines is 1. The molecule has 0 aliphatic carbocycles. The molecule has 0 saturated carbocycles. The van der Waals surface area contributed by atoms with Crippen molar-refractivity contribution in [3.05, 3.63) is 29.6 Å². The largest absolute Gasteiger partial charge is 0.373 e. The van der Waals surface area contributed by atoms with Gasteiger partial charge < -0.3 is 15.4 Å². The van der Waals surface area contributed by atoms with E-state index in [0.717, 1.165) is 13.1 Å². The molecule has 2 heterocycles. The van der Waals surface area contributed by atoms with Gasteiger partial charge in [-0.25, -0.2) is 4.39 Å². The molecule has 26 heavy (non-hydrogen) atoms. The van der Waals surface area contributed by atoms with Crippen LogP contribution in [-0.2, 0) is 14.3 Å². The number of benzene rings is 1. The van der Waals surface area contributed by atoms with Crippen molar-refractivity contribution >= 4 is 17.5 Å². The van der Waals surface area contributed by atoms with Gasteiger partial charge in [0.1, 0.15) is 5.82 Å². The van der Waals surface area contributed by atoms with E-state index < -0.39 is 11.7 Å². The van der Waals surface area contributed by atoms with Crippen LogP contribution in [0.3, 0.4) is 0 Å². The zero-order chi connectivity index (χ0) is 18.8. The molecule has 3 rings (SSSR count). The van der Waals surface area contributed by atoms with Gasteiger partial charge in [-0.15, -0.1) is 0 Å². The lowest BCUT2D eigenvalue weighted by Crippen LogP contribution is -2.52. The van der Waals surface area contributed by atoms with E-state index in [-0.39, 0.29) is 36.5 Å². The van der Waals surface area contributed by atoms with E-state index in [4.69, 9.17) is 4.74 Å². The maximum Gasteiger partial charge on any atom is 0.228 e. The number of carbonyl (C=O) groups excluding carboxylic acids is 2. The molecule has 0 radical (unpaired) electrons. The zero-order valence-electron chi connectivity index (χ0n) is 15.4. The highest BCUT2D eigenvalue weighted by Gasteiger charge is 2.32. The van der Waals surface area contributed by atoms with E-state index in [1.54, 1.807) is 6.07 Å². The molecule has 0 aromatic heterocycles. The summed E-state index contributed by atoms with van der Waals surface area (Å²) in [4.78, 5) is 26.9. The predicted octanol–water partition coefficient (Wildman–Crippen LogP) is 1.87. The summed E-state index contributed by atoms with van der Waals surface area (Å²) in [5, 5.41) is 5.59. The highest BCUT2D eigenvalue weighted by molar-refractivity contribution is 6.01. The number of nitrogens with zero attached hydrogens (tertiary/aromatic N) is 1. The molecule has 0 spiro atoms. The number of fused-ring (bicyclic) bond motifs is 1. The van der Waals surface area contributed by atoms with Crippen molar-refractivity contribution in [2.45, 2.75) is 51.4 Å². The average Bonchev–Trinajstić information content (AvgIpc) is 2.57. The van der Waals surface area contributed by atoms with Crippen molar-refractivity contribution in [3.8, 4) is 0 Å². The van der Waals surface area contributed by atoms with Gasteiger partial charge in [0, 0.05) is 37.8 Å². The Hall–Kier alpha value is -1.99. The third-order valence-electron chi connectivity index (χ3n) is 5.01. The number of hydrogen-bond donors (Lipinski definition) is 2. The molecule has 0 bridgehead atoms. The fourth-order valence-electron chi connectivity index (χ4n) is 3.75. The van der Waals surface area contributed by atoms with Crippen LogP contribution in [0.1, 0.15) is 38.7 Å². The van der Waals surface area contributed by atoms with Gasteiger partial charge in [-0.2, -0.15) is 0 Å². The minimum atomic E-state index is -0.589. The van der Waals surface area contributed by atoms with Gasteiger partial charge in [-0.05, 0) is 38.5 Å². The molecule has 1 saturated heterocycles. The highest BCUT2D eigenvalue weighted by Crippen LogP contribution is 2.32. The van der Waals surface area contributed by atoms with Gasteiger partial charge in [0.05, 0.1) is 18.1 Å². The van der Waals surface area contributed by atoms with Crippen molar-refractivity contribution in [3.63, 3.8) is 0 Å². The van der Waals surface area contributed by atoms with E-state index in [9.17, 15) is 14.0 Å². The van der Waals surface area contributed by atoms with Gasteiger partial charge in [-0.1, -0.05) is 6.07 Å². The minimum Gasteiger partial charge on any atom is -0.373 e. The first-order valence-electron chi connectivity index (χ1n) is 9.10. The summed E-state index contributed by atoms with van der Waals surface area (Å²) in [7, 11) is 0. The molecule has 2 aliphatic heterocycles. The molecule has 4 atom stereocenters. The van der Waals surface area contributed by atoms with Crippen LogP contribution in [0.2, 0.25) is 0 Å². The summed E-state index contributed by atoms with van der Waals surface area (Å²) in [6.45, 7) is 8.31. The van der Waals surface area contributed by atoms with Crippen molar-refractivity contribution in [1.29, 1.82) is 0 Å². The van der Waals surface area contributed by atoms with Crippen LogP contribution in [0.25, 0.3) is 0 Å². The molecule has 6 nitrogen and oxygen atoms in total. The minimum absolute atomic E-state index is 0.0739. The third-order valence-corrected chi connectivity index (χ3v) is 5.01. The van der Waals surface area contributed by atoms with Crippen LogP contribution in [-0.4, -0.2) is 54.6 Å². The quantitative estimate of drug-likeness (QED) is 0.857. The van der Waals surface area contributed by atoms with Crippen molar-refractivity contribution < 1.29 is 18.7 Å². The second-order valence-corrected chi connectivity index (χ2v) is 7.34. The molecular formula is C19H26FN3O3. The number of halogens is 1. The first kappa shape index (κ1) is 18.8. The van der Waals surface area contributed by atoms with Gasteiger partial charge in [0.25, 0.3) is 0 Å². The van der Waals surface area contributed by atoms with Crippen molar-refractivity contribution in [1.82, 2.24) is 10.2 Å². The van der Waals surface area contributed by atoms with Gasteiger partial charge in [0.2, 0.25) is 11.8 Å². The maximum atomic E-state index is 13.4. The highest BCUT2D eigenvalue weighted by atomic mass is 19.1. The number of nitrogens with one attached hydrogen (secondary N) is 2. The number of hydrogen-bond acceptors (Lipinski definition) is 4. The Balaban J connectivity index is 1.62. The summed E-state index contributed by atoms with van der Waals surface area (Å²) in [6.07, 6.45) is 0.409. The summed E-state index contributed by atoms with van der Waals surface area (Å²) < 4.78 is 19.1. The lowest BCUT2D eigenvalue weighted by atomic mass is 9.89. The lowest BCUT2D eigenvalue weighted by molar-refractivity contribution is -0.126. The van der Waals surface area contributed by atoms with E-state index in [0.29, 0.717) is 17.8 Å². The van der Waals surface area contributed by atoms with Crippen molar-refractivity contribution in [2.24, 2.45) is 0 Å². The van der Waals surface area contributed by atoms with Crippen LogP contribution in [0.5, 0.6) is 0 Å². The molecule has 1 aromatic carbocycles. The Labute approximate surface area is 153 Å². The molecule has 7 heteroatoms. The average molecular weight is 363 g/mol. The second kappa shape index (κ2) is 7.72. The van der Waals surface area contributed by atoms with Gasteiger partial charge in [0.15, 0.2) is 0 Å². The zero-order valence-corrected chi connectivity index (χ0v) is 15.4. The summed E-state index contributed by atoms with van der Waals surface area (Å²) >= 11 is 0. The summed E-state index contributed by atoms with van der Waals surface area (Å²) in [5.41, 5.74) is 1.04. The van der Waals surface area contributed by atoms with Crippen LogP contribution in [0, 0.1) is 5.82 Å². The predicted molar refractivity (Wildman–Crippen MR) is 96.4 cm³/mol. The van der Waals surface area contributed by atoms with E-state index in [2.05, 4.69) is 22.5 Å². The Morgan fingerprint density at radius 3 is 2.77 bits per heavy atom. The van der Waals surface area contributed by atoms with Crippen LogP contribution in [0.4, 0.5) is 10.1 Å². The molecule has 2 N–H and O–H groups in total. The second-order valence-electron chi connectivity index (χ2n) is 7.34. The Bertz CT molecular complexity index is 687. The molecule has 4 unspecified atom stereocenters. The van der Waals surface area contributed by atoms with Crippen LogP contribution < -0.4 is 10.6 Å². The summed E-state index contributed by atoms with van der Waals surface area (Å²) in [6, 6.07) is 4.31. The number of ether oxygens (including phenoxy) is 1. The molecule has 2 aliphatic rings. The van der Waals surface area contributed by atoms with Crippen LogP contribution in [0.15, 0.2) is 18.2 Å². The van der Waals surface area contributed by atoms with Crippen LogP contribution >= 0.6 is 0 Å². The fourth-order valence-corrected chi connectivity index (χ4v) is 3.75. The normalized spacial score (nSPS) is 27.4. The Morgan fingerprint density at radius 1 is 1.38 bits per heavy atom. The van der Waals surface area contributed by atoms with E-state index in [1.165, 1.54) is 12.1 Å². The maximum absolute atomic E-state index is 13.4.